The van der Waals surface area contributed by atoms with Crippen LogP contribution in [0.3, 0.4) is 0 Å². The van der Waals surface area contributed by atoms with E-state index >= 15 is 0 Å². The number of amides is 6. The first-order valence-corrected chi connectivity index (χ1v) is 35.1. The molecule has 0 unspecified atom stereocenters. The van der Waals surface area contributed by atoms with Gasteiger partial charge in [-0.1, -0.05) is 59.9 Å². The summed E-state index contributed by atoms with van der Waals surface area (Å²) in [4.78, 5) is 134. The highest BCUT2D eigenvalue weighted by Crippen LogP contribution is 2.62. The average Bonchev–Trinajstić information content (AvgIpc) is 0.766. The fraction of sp³-hybridized carbons (Fsp3) is 0.676. The number of thioether (sulfide) groups is 2. The molecule has 10 fully saturated rings. The van der Waals surface area contributed by atoms with Gasteiger partial charge in [0.05, 0.1) is 11.1 Å². The lowest BCUT2D eigenvalue weighted by Gasteiger charge is -2.57. The number of aliphatic carboxylic acids is 2. The number of piperazine rings is 2. The predicted octanol–water partition coefficient (Wildman–Crippen LogP) is 7.70. The quantitative estimate of drug-likeness (QED) is 0.0776. The highest BCUT2D eigenvalue weighted by atomic mass is 32.2. The number of rotatable bonds is 23. The van der Waals surface area contributed by atoms with E-state index in [1.54, 1.807) is 39.8 Å². The van der Waals surface area contributed by atoms with E-state index in [-0.39, 0.29) is 45.2 Å². The Morgan fingerprint density at radius 3 is 1.05 bits per heavy atom. The minimum absolute atomic E-state index is 0.00408. The van der Waals surface area contributed by atoms with Crippen LogP contribution in [0.2, 0.25) is 0 Å². The van der Waals surface area contributed by atoms with Gasteiger partial charge in [-0.15, -0.1) is 0 Å². The Hall–Kier alpha value is -6.24. The number of hydrogen-bond acceptors (Lipinski definition) is 16. The second kappa shape index (κ2) is 33.2. The molecule has 2 aromatic carbocycles. The van der Waals surface area contributed by atoms with Crippen molar-refractivity contribution in [3.63, 3.8) is 0 Å². The molecule has 2 aliphatic heterocycles. The summed E-state index contributed by atoms with van der Waals surface area (Å²) in [6.45, 7) is 15.5. The lowest BCUT2D eigenvalue weighted by atomic mass is 9.49. The van der Waals surface area contributed by atoms with Crippen LogP contribution in [0.1, 0.15) is 138 Å². The van der Waals surface area contributed by atoms with Crippen molar-refractivity contribution in [2.24, 2.45) is 46.3 Å². The number of ether oxygens (including phenoxy) is 2. The number of benzene rings is 2. The molecule has 2 saturated heterocycles. The van der Waals surface area contributed by atoms with E-state index in [0.29, 0.717) is 74.7 Å². The van der Waals surface area contributed by atoms with E-state index in [9.17, 15) is 58.2 Å². The van der Waals surface area contributed by atoms with E-state index < -0.39 is 48.2 Å². The van der Waals surface area contributed by atoms with E-state index in [1.807, 2.05) is 19.6 Å². The Balaban J connectivity index is 0.000000179. The Kier molecular flexibility index (Phi) is 25.9. The molecule has 24 heteroatoms. The van der Waals surface area contributed by atoms with Crippen LogP contribution in [0.15, 0.2) is 60.7 Å². The Morgan fingerprint density at radius 1 is 0.489 bits per heavy atom. The van der Waals surface area contributed by atoms with E-state index in [0.717, 1.165) is 74.5 Å². The molecule has 22 nitrogen and oxygen atoms in total. The van der Waals surface area contributed by atoms with Gasteiger partial charge in [0.1, 0.15) is 12.1 Å². The number of nitrogens with zero attached hydrogens (tertiary/aromatic N) is 6. The first-order chi connectivity index (χ1) is 43.9. The van der Waals surface area contributed by atoms with Crippen LogP contribution in [-0.2, 0) is 38.2 Å². The molecule has 4 N–H and O–H groups in total. The molecule has 12 rings (SSSR count). The number of hydrogen-bond donors (Lipinski definition) is 4. The van der Waals surface area contributed by atoms with Gasteiger partial charge < -0.3 is 59.7 Å². The third-order valence-electron chi connectivity index (χ3n) is 20.4. The number of esters is 2. The third kappa shape index (κ3) is 20.4. The second-order valence-corrected chi connectivity index (χ2v) is 30.2. The van der Waals surface area contributed by atoms with Crippen LogP contribution in [-0.4, -0.2) is 226 Å². The molecule has 4 atom stereocenters. The fourth-order valence-corrected chi connectivity index (χ4v) is 17.6. The van der Waals surface area contributed by atoms with Gasteiger partial charge in [-0.25, -0.2) is 28.8 Å². The number of urea groups is 2. The average molecular weight is 1320 g/mol. The smallest absolute Gasteiger partial charge is 0.349 e. The largest absolute Gasteiger partial charge is 0.478 e. The number of carbonyl (C=O) groups is 10. The van der Waals surface area contributed by atoms with Gasteiger partial charge in [0.2, 0.25) is 24.0 Å². The molecule has 92 heavy (non-hydrogen) atoms. The summed E-state index contributed by atoms with van der Waals surface area (Å²) in [5.74, 6) is 0.939. The van der Waals surface area contributed by atoms with Crippen LogP contribution < -0.4 is 10.6 Å². The molecule has 0 radical (unpaired) electrons. The molecule has 8 aliphatic carbocycles. The van der Waals surface area contributed by atoms with Crippen molar-refractivity contribution >= 4 is 81.5 Å². The molecule has 506 valence electrons. The molecule has 8 saturated carbocycles. The highest BCUT2D eigenvalue weighted by molar-refractivity contribution is 8.13. The van der Waals surface area contributed by atoms with Crippen molar-refractivity contribution in [1.29, 1.82) is 0 Å². The molecule has 8 bridgehead atoms. The van der Waals surface area contributed by atoms with Crippen molar-refractivity contribution in [1.82, 2.24) is 40.0 Å². The molecule has 2 heterocycles. The van der Waals surface area contributed by atoms with Gasteiger partial charge in [-0.05, 0) is 188 Å². The zero-order chi connectivity index (χ0) is 66.3. The van der Waals surface area contributed by atoms with Gasteiger partial charge in [0.25, 0.3) is 0 Å². The molecule has 0 spiro atoms. The number of carbonyl (C=O) groups excluding carboxylic acids is 8. The summed E-state index contributed by atoms with van der Waals surface area (Å²) in [7, 11) is 4.13. The lowest BCUT2D eigenvalue weighted by molar-refractivity contribution is -0.166. The SMILES string of the molecule is CC(=O)SCCN(CCC12CC3CC(CC(C3)C1)C2)C(=O)N[C@@H](C)C(=O)N1CCN(C)CC1.CC(=O)SCCN(CCC12CC3CC(CC(C3)C1)C2)C(=O)N[C@@H](C)C(=O)N1CCN(C)CC1.O=C(O[C@@H](C(=O)O)[C@@H](OC(=O)c1ccccc1)C(=O)O)c1ccccc1. The summed E-state index contributed by atoms with van der Waals surface area (Å²) in [6, 6.07) is 13.4. The number of carboxylic acids is 2. The maximum absolute atomic E-state index is 13.2. The maximum atomic E-state index is 13.2. The van der Waals surface area contributed by atoms with Crippen molar-refractivity contribution in [2.75, 3.05) is 104 Å². The standard InChI is InChI=1S/2C25H42N4O3S.C18H14O8/c2*1-18(23(31)28-8-6-27(3)7-9-28)26-24(32)29(10-11-33-19(2)30)5-4-25-15-20-12-21(16-25)14-22(13-20)17-25;19-15(20)13(25-17(23)11-7-3-1-4-8-11)14(16(21)22)26-18(24)12-9-5-2-6-10-12/h2*18,20-22H,4-17H2,1-3H3,(H,26,32);1-10,13-14H,(H,19,20)(H,21,22)/t2*18-,20?,21?,22?,25?;13-,14-/m001/s1. The van der Waals surface area contributed by atoms with Gasteiger partial charge in [-0.2, -0.15) is 0 Å². The predicted molar refractivity (Wildman–Crippen MR) is 351 cm³/mol. The van der Waals surface area contributed by atoms with Crippen molar-refractivity contribution < 1.29 is 67.6 Å². The summed E-state index contributed by atoms with van der Waals surface area (Å²) in [6.07, 6.45) is 14.2. The van der Waals surface area contributed by atoms with Crippen LogP contribution >= 0.6 is 23.5 Å². The van der Waals surface area contributed by atoms with E-state index in [4.69, 9.17) is 9.47 Å². The number of carboxylic acid groups (broad SMARTS) is 2. The lowest BCUT2D eigenvalue weighted by Crippen LogP contribution is -2.55. The van der Waals surface area contributed by atoms with Crippen LogP contribution in [0.25, 0.3) is 0 Å². The maximum Gasteiger partial charge on any atom is 0.349 e. The molecule has 10 aliphatic rings. The van der Waals surface area contributed by atoms with Gasteiger partial charge in [-0.3, -0.25) is 19.2 Å². The molecule has 6 amide bonds. The Labute approximate surface area is 550 Å². The first kappa shape index (κ1) is 71.6. The van der Waals surface area contributed by atoms with Crippen LogP contribution in [0.4, 0.5) is 9.59 Å². The summed E-state index contributed by atoms with van der Waals surface area (Å²) in [5, 5.41) is 24.6. The fourth-order valence-electron chi connectivity index (χ4n) is 16.4. The minimum Gasteiger partial charge on any atom is -0.478 e. The molecule has 0 aromatic heterocycles. The zero-order valence-electron chi connectivity index (χ0n) is 54.6. The Bertz CT molecular complexity index is 2630. The van der Waals surface area contributed by atoms with Crippen LogP contribution in [0.5, 0.6) is 0 Å². The molecular formula is C68H98N8O14S2. The minimum atomic E-state index is -2.21. The van der Waals surface area contributed by atoms with Gasteiger partial charge >= 0.3 is 35.9 Å². The second-order valence-electron chi connectivity index (χ2n) is 27.6. The zero-order valence-corrected chi connectivity index (χ0v) is 56.3. The number of likely N-dealkylation sites (N-methyl/N-ethyl adjacent to an activating group) is 2. The monoisotopic (exact) mass is 1310 g/mol. The molecule has 2 aromatic rings. The number of nitrogens with one attached hydrogen (secondary N) is 2. The summed E-state index contributed by atoms with van der Waals surface area (Å²) in [5.41, 5.74) is 0.861. The summed E-state index contributed by atoms with van der Waals surface area (Å²) < 4.78 is 9.52. The first-order valence-electron chi connectivity index (χ1n) is 33.2. The van der Waals surface area contributed by atoms with E-state index in [1.165, 1.54) is 149 Å². The van der Waals surface area contributed by atoms with Crippen LogP contribution in [0, 0.1) is 46.3 Å². The van der Waals surface area contributed by atoms with Gasteiger partial charge in [0.15, 0.2) is 10.2 Å². The summed E-state index contributed by atoms with van der Waals surface area (Å²) >= 11 is 2.54. The topological polar surface area (TPSA) is 273 Å². The normalized spacial score (nSPS) is 26.5. The van der Waals surface area contributed by atoms with Crippen molar-refractivity contribution in [2.45, 2.75) is 142 Å². The molecular weight excluding hydrogens is 1220 g/mol. The van der Waals surface area contributed by atoms with E-state index in [2.05, 4.69) is 34.5 Å². The Morgan fingerprint density at radius 2 is 0.783 bits per heavy atom. The van der Waals surface area contributed by atoms with Crippen molar-refractivity contribution in [3.05, 3.63) is 71.8 Å². The van der Waals surface area contributed by atoms with Crippen molar-refractivity contribution in [3.8, 4) is 0 Å². The third-order valence-corrected chi connectivity index (χ3v) is 21.9. The highest BCUT2D eigenvalue weighted by Gasteiger charge is 2.52. The van der Waals surface area contributed by atoms with Gasteiger partial charge in [0, 0.05) is 104 Å².